The second-order valence-corrected chi connectivity index (χ2v) is 6.26. The maximum atomic E-state index is 13.0. The second-order valence-electron chi connectivity index (χ2n) is 6.26. The van der Waals surface area contributed by atoms with Gasteiger partial charge in [-0.05, 0) is 18.2 Å². The number of hydrazine groups is 1. The van der Waals surface area contributed by atoms with Crippen molar-refractivity contribution in [1.29, 1.82) is 0 Å². The van der Waals surface area contributed by atoms with Crippen LogP contribution >= 0.6 is 0 Å². The summed E-state index contributed by atoms with van der Waals surface area (Å²) in [4.78, 5) is 35.1. The van der Waals surface area contributed by atoms with E-state index in [2.05, 4.69) is 20.1 Å². The predicted octanol–water partition coefficient (Wildman–Crippen LogP) is 2.79. The van der Waals surface area contributed by atoms with Crippen LogP contribution in [0.2, 0.25) is 0 Å². The van der Waals surface area contributed by atoms with Crippen LogP contribution in [0.5, 0.6) is 0 Å². The third kappa shape index (κ3) is 5.57. The number of alkyl halides is 6. The number of hydrogen-bond acceptors (Lipinski definition) is 7. The largest absolute Gasteiger partial charge is 0.416 e. The lowest BCUT2D eigenvalue weighted by molar-refractivity contribution is -0.143. The lowest BCUT2D eigenvalue weighted by Gasteiger charge is -2.13. The monoisotopic (exact) mass is 471 g/mol. The van der Waals surface area contributed by atoms with Gasteiger partial charge in [0.2, 0.25) is 0 Å². The molecule has 0 aliphatic rings. The highest BCUT2D eigenvalue weighted by Gasteiger charge is 2.37. The van der Waals surface area contributed by atoms with Gasteiger partial charge in [-0.3, -0.25) is 14.6 Å². The predicted molar refractivity (Wildman–Crippen MR) is 98.2 cm³/mol. The first-order valence-electron chi connectivity index (χ1n) is 8.64. The molecule has 0 aliphatic heterocycles. The molecule has 2 heterocycles. The molecule has 0 bridgehead atoms. The van der Waals surface area contributed by atoms with Crippen molar-refractivity contribution in [3.8, 4) is 11.4 Å². The summed E-state index contributed by atoms with van der Waals surface area (Å²) < 4.78 is 78.9. The molecule has 0 atom stereocenters. The molecule has 2 aromatic heterocycles. The zero-order valence-electron chi connectivity index (χ0n) is 16.0. The smallest absolute Gasteiger partial charge is 0.268 e. The molecule has 33 heavy (non-hydrogen) atoms. The van der Waals surface area contributed by atoms with E-state index in [1.54, 1.807) is 0 Å². The van der Waals surface area contributed by atoms with Gasteiger partial charge in [0.1, 0.15) is 12.0 Å². The molecule has 0 spiro atoms. The van der Waals surface area contributed by atoms with Crippen LogP contribution in [0.4, 0.5) is 26.3 Å². The Bertz CT molecular complexity index is 1170. The number of nitrogens with two attached hydrogens (primary N) is 1. The number of imide groups is 1. The second kappa shape index (κ2) is 8.78. The summed E-state index contributed by atoms with van der Waals surface area (Å²) in [5.74, 6) is 2.96. The molecule has 9 nitrogen and oxygen atoms in total. The highest BCUT2D eigenvalue weighted by Crippen LogP contribution is 2.38. The average molecular weight is 471 g/mol. The number of nitrogens with zero attached hydrogens (tertiary/aromatic N) is 6. The molecule has 0 radical (unpaired) electrons. The summed E-state index contributed by atoms with van der Waals surface area (Å²) in [5, 5.41) is 3.95. The van der Waals surface area contributed by atoms with Crippen molar-refractivity contribution in [2.24, 2.45) is 5.84 Å². The Morgan fingerprint density at radius 2 is 1.61 bits per heavy atom. The molecular formula is C18H11F6N7O2. The van der Waals surface area contributed by atoms with E-state index >= 15 is 0 Å². The first-order chi connectivity index (χ1) is 15.4. The Labute approximate surface area is 180 Å². The van der Waals surface area contributed by atoms with E-state index < -0.39 is 46.7 Å². The molecular weight excluding hydrogens is 460 g/mol. The van der Waals surface area contributed by atoms with Crippen LogP contribution in [0.1, 0.15) is 21.6 Å². The van der Waals surface area contributed by atoms with Crippen molar-refractivity contribution in [1.82, 2.24) is 29.7 Å². The summed E-state index contributed by atoms with van der Waals surface area (Å²) in [5.41, 5.74) is -3.82. The molecule has 172 valence electrons. The van der Waals surface area contributed by atoms with Crippen LogP contribution in [0, 0.1) is 0 Å². The number of amides is 2. The quantitative estimate of drug-likeness (QED) is 0.204. The van der Waals surface area contributed by atoms with Gasteiger partial charge in [-0.1, -0.05) is 0 Å². The first kappa shape index (κ1) is 23.5. The molecule has 15 heteroatoms. The Morgan fingerprint density at radius 1 is 0.970 bits per heavy atom. The zero-order chi connectivity index (χ0) is 24.4. The number of carbonyl (C=O) groups excluding carboxylic acids is 2. The van der Waals surface area contributed by atoms with E-state index in [-0.39, 0.29) is 16.8 Å². The van der Waals surface area contributed by atoms with Gasteiger partial charge in [-0.15, -0.1) is 5.10 Å². The van der Waals surface area contributed by atoms with Crippen molar-refractivity contribution in [3.05, 3.63) is 66.0 Å². The van der Waals surface area contributed by atoms with E-state index in [1.165, 1.54) is 12.4 Å². The van der Waals surface area contributed by atoms with Gasteiger partial charge in [0.25, 0.3) is 11.8 Å². The normalized spacial score (nSPS) is 12.2. The fourth-order valence-electron chi connectivity index (χ4n) is 2.42. The molecule has 1 aromatic carbocycles. The van der Waals surface area contributed by atoms with Crippen molar-refractivity contribution in [2.75, 3.05) is 0 Å². The van der Waals surface area contributed by atoms with Crippen LogP contribution in [-0.2, 0) is 17.1 Å². The van der Waals surface area contributed by atoms with Crippen LogP contribution in [0.25, 0.3) is 17.6 Å². The highest BCUT2D eigenvalue weighted by atomic mass is 19.4. The molecule has 0 saturated carbocycles. The Hall–Kier alpha value is -4.14. The minimum absolute atomic E-state index is 0.0248. The SMILES string of the molecule is NN(C(=O)C=Cn1cnc(-c2cc(C(F)(F)F)cc(C(F)(F)F)c2)n1)C(=O)c1cnccn1. The van der Waals surface area contributed by atoms with Gasteiger partial charge in [0, 0.05) is 30.2 Å². The van der Waals surface area contributed by atoms with E-state index in [9.17, 15) is 35.9 Å². The molecule has 2 N–H and O–H groups in total. The van der Waals surface area contributed by atoms with Gasteiger partial charge >= 0.3 is 12.4 Å². The number of carbonyl (C=O) groups is 2. The Morgan fingerprint density at radius 3 is 2.15 bits per heavy atom. The Kier molecular flexibility index (Phi) is 6.25. The van der Waals surface area contributed by atoms with Crippen molar-refractivity contribution < 1.29 is 35.9 Å². The average Bonchev–Trinajstić information content (AvgIpc) is 3.24. The third-order valence-corrected chi connectivity index (χ3v) is 3.96. The lowest BCUT2D eigenvalue weighted by atomic mass is 10.0. The van der Waals surface area contributed by atoms with Crippen LogP contribution in [-0.4, -0.2) is 41.6 Å². The number of benzene rings is 1. The van der Waals surface area contributed by atoms with Crippen LogP contribution < -0.4 is 5.84 Å². The lowest BCUT2D eigenvalue weighted by Crippen LogP contribution is -2.42. The van der Waals surface area contributed by atoms with E-state index in [0.717, 1.165) is 29.5 Å². The van der Waals surface area contributed by atoms with Crippen LogP contribution in [0.15, 0.2) is 49.2 Å². The first-order valence-corrected chi connectivity index (χ1v) is 8.64. The topological polar surface area (TPSA) is 120 Å². The Balaban J connectivity index is 1.83. The van der Waals surface area contributed by atoms with E-state index in [4.69, 9.17) is 5.84 Å². The van der Waals surface area contributed by atoms with E-state index in [1.807, 2.05) is 0 Å². The highest BCUT2D eigenvalue weighted by molar-refractivity contribution is 6.07. The van der Waals surface area contributed by atoms with Gasteiger partial charge in [-0.2, -0.15) is 26.3 Å². The molecule has 0 unspecified atom stereocenters. The fourth-order valence-corrected chi connectivity index (χ4v) is 2.42. The van der Waals surface area contributed by atoms with Crippen molar-refractivity contribution in [2.45, 2.75) is 12.4 Å². The zero-order valence-corrected chi connectivity index (χ0v) is 16.0. The summed E-state index contributed by atoms with van der Waals surface area (Å²) in [6, 6.07) is 0.902. The van der Waals surface area contributed by atoms with Gasteiger partial charge < -0.3 is 0 Å². The van der Waals surface area contributed by atoms with Crippen molar-refractivity contribution in [3.63, 3.8) is 0 Å². The molecule has 0 saturated heterocycles. The molecule has 0 fully saturated rings. The van der Waals surface area contributed by atoms with Crippen LogP contribution in [0.3, 0.4) is 0 Å². The van der Waals surface area contributed by atoms with Crippen molar-refractivity contribution >= 4 is 18.0 Å². The molecule has 3 aromatic rings. The minimum atomic E-state index is -5.04. The summed E-state index contributed by atoms with van der Waals surface area (Å²) in [6.45, 7) is 0. The molecule has 2 amide bonds. The fraction of sp³-hybridized carbons (Fsp3) is 0.111. The molecule has 0 aliphatic carbocycles. The maximum absolute atomic E-state index is 13.0. The van der Waals surface area contributed by atoms with Gasteiger partial charge in [-0.25, -0.2) is 25.5 Å². The minimum Gasteiger partial charge on any atom is -0.268 e. The summed E-state index contributed by atoms with van der Waals surface area (Å²) in [6.07, 6.45) is -3.84. The summed E-state index contributed by atoms with van der Waals surface area (Å²) >= 11 is 0. The number of halogens is 6. The van der Waals surface area contributed by atoms with E-state index in [0.29, 0.717) is 12.1 Å². The molecule has 3 rings (SSSR count). The number of aromatic nitrogens is 5. The maximum Gasteiger partial charge on any atom is 0.416 e. The number of rotatable bonds is 4. The number of hydrogen-bond donors (Lipinski definition) is 1. The third-order valence-electron chi connectivity index (χ3n) is 3.96. The standard InChI is InChI=1S/C18H11F6N7O2/c19-17(20,21)11-5-10(6-12(7-11)18(22,23)24)15-28-9-30(29-15)4-1-14(32)31(25)16(33)13-8-26-2-3-27-13/h1-9H,25H2. The van der Waals surface area contributed by atoms with Gasteiger partial charge in [0.15, 0.2) is 5.82 Å². The summed E-state index contributed by atoms with van der Waals surface area (Å²) in [7, 11) is 0. The van der Waals surface area contributed by atoms with Gasteiger partial charge in [0.05, 0.1) is 17.3 Å².